The molecule has 0 heterocycles. The highest BCUT2D eigenvalue weighted by molar-refractivity contribution is 6.21. The first-order valence-corrected chi connectivity index (χ1v) is 23.9. The van der Waals surface area contributed by atoms with Crippen molar-refractivity contribution < 1.29 is 0 Å². The van der Waals surface area contributed by atoms with E-state index in [1.165, 1.54) is 98.7 Å². The van der Waals surface area contributed by atoms with E-state index in [2.05, 4.69) is 184 Å². The average Bonchev–Trinajstić information content (AvgIpc) is 3.36. The van der Waals surface area contributed by atoms with Gasteiger partial charge in [0.15, 0.2) is 0 Å². The molecular weight excluding hydrogens is 745 g/mol. The highest BCUT2D eigenvalue weighted by Gasteiger charge is 2.19. The molecule has 0 aliphatic heterocycles. The van der Waals surface area contributed by atoms with Crippen LogP contribution >= 0.6 is 0 Å². The monoisotopic (exact) mass is 817 g/mol. The van der Waals surface area contributed by atoms with Crippen LogP contribution in [0.4, 0.5) is 0 Å². The zero-order valence-electron chi connectivity index (χ0n) is 40.0. The van der Waals surface area contributed by atoms with Gasteiger partial charge in [-0.05, 0) is 118 Å². The Bertz CT molecular complexity index is 2700. The maximum Gasteiger partial charge on any atom is -0.00263 e. The summed E-state index contributed by atoms with van der Waals surface area (Å²) in [6.07, 6.45) is 4.26. The molecule has 0 bridgehead atoms. The fourth-order valence-electron chi connectivity index (χ4n) is 8.56. The van der Waals surface area contributed by atoms with Gasteiger partial charge in [-0.3, -0.25) is 0 Å². The van der Waals surface area contributed by atoms with Crippen molar-refractivity contribution in [1.29, 1.82) is 0 Å². The SMILES string of the molecule is CC.CC.CC.CC.CC.CCCc1cc(-c2c3ccccc3c(-c3ccc(-c4cccc5ccccc45)c(CCC)c3)c3ccccc23)ccc1-c1ccc2ccccc2c1. The van der Waals surface area contributed by atoms with Gasteiger partial charge in [0.05, 0.1) is 0 Å². The molecule has 0 aliphatic carbocycles. The molecule has 320 valence electrons. The average molecular weight is 817 g/mol. The van der Waals surface area contributed by atoms with E-state index in [0.717, 1.165) is 25.7 Å². The molecule has 9 aromatic rings. The molecule has 0 fully saturated rings. The smallest absolute Gasteiger partial charge is 0.00263 e. The van der Waals surface area contributed by atoms with Crippen molar-refractivity contribution in [1.82, 2.24) is 0 Å². The van der Waals surface area contributed by atoms with Gasteiger partial charge in [0.1, 0.15) is 0 Å². The molecule has 9 rings (SSSR count). The summed E-state index contributed by atoms with van der Waals surface area (Å²) in [4.78, 5) is 0. The summed E-state index contributed by atoms with van der Waals surface area (Å²) in [5.41, 5.74) is 13.3. The summed E-state index contributed by atoms with van der Waals surface area (Å²) in [7, 11) is 0. The third-order valence-corrected chi connectivity index (χ3v) is 10.9. The van der Waals surface area contributed by atoms with E-state index in [9.17, 15) is 0 Å². The zero-order chi connectivity index (χ0) is 45.0. The third-order valence-electron chi connectivity index (χ3n) is 10.9. The molecule has 0 unspecified atom stereocenters. The Morgan fingerprint density at radius 1 is 0.274 bits per heavy atom. The summed E-state index contributed by atoms with van der Waals surface area (Å²) < 4.78 is 0. The van der Waals surface area contributed by atoms with Crippen LogP contribution in [-0.4, -0.2) is 0 Å². The van der Waals surface area contributed by atoms with Crippen LogP contribution in [0.25, 0.3) is 87.6 Å². The van der Waals surface area contributed by atoms with E-state index in [4.69, 9.17) is 0 Å². The van der Waals surface area contributed by atoms with Gasteiger partial charge in [-0.2, -0.15) is 0 Å². The number of fused-ring (bicyclic) bond motifs is 4. The van der Waals surface area contributed by atoms with Gasteiger partial charge in [-0.1, -0.05) is 260 Å². The predicted octanol–water partition coefficient (Wildman–Crippen LogP) is 20.0. The topological polar surface area (TPSA) is 0 Å². The second kappa shape index (κ2) is 25.1. The van der Waals surface area contributed by atoms with Crippen molar-refractivity contribution in [2.45, 2.75) is 109 Å². The van der Waals surface area contributed by atoms with E-state index < -0.39 is 0 Å². The first-order valence-electron chi connectivity index (χ1n) is 23.9. The summed E-state index contributed by atoms with van der Waals surface area (Å²) in [5, 5.41) is 10.4. The molecule has 0 amide bonds. The van der Waals surface area contributed by atoms with Crippen molar-refractivity contribution in [2.24, 2.45) is 0 Å². The molecule has 0 nitrogen and oxygen atoms in total. The molecule has 0 spiro atoms. The summed E-state index contributed by atoms with van der Waals surface area (Å²) in [6, 6.07) is 63.5. The van der Waals surface area contributed by atoms with Crippen LogP contribution in [-0.2, 0) is 12.8 Å². The molecule has 9 aromatic carbocycles. The highest BCUT2D eigenvalue weighted by Crippen LogP contribution is 2.45. The minimum Gasteiger partial charge on any atom is -0.0683 e. The number of rotatable bonds is 8. The third kappa shape index (κ3) is 10.4. The van der Waals surface area contributed by atoms with Gasteiger partial charge in [0.2, 0.25) is 0 Å². The van der Waals surface area contributed by atoms with Crippen molar-refractivity contribution in [3.8, 4) is 44.5 Å². The Balaban J connectivity index is 0.000000791. The van der Waals surface area contributed by atoms with Crippen LogP contribution in [0.1, 0.15) is 107 Å². The molecule has 0 atom stereocenters. The first kappa shape index (κ1) is 48.7. The fourth-order valence-corrected chi connectivity index (χ4v) is 8.56. The molecule has 0 radical (unpaired) electrons. The van der Waals surface area contributed by atoms with Crippen molar-refractivity contribution in [3.63, 3.8) is 0 Å². The number of hydrogen-bond acceptors (Lipinski definition) is 0. The maximum atomic E-state index is 2.48. The molecule has 0 saturated heterocycles. The number of aryl methyl sites for hydroxylation is 2. The molecule has 0 heteroatoms. The summed E-state index contributed by atoms with van der Waals surface area (Å²) in [6.45, 7) is 24.6. The lowest BCUT2D eigenvalue weighted by molar-refractivity contribution is 0.924. The van der Waals surface area contributed by atoms with Crippen LogP contribution < -0.4 is 0 Å². The Morgan fingerprint density at radius 3 is 1.16 bits per heavy atom. The van der Waals surface area contributed by atoms with Gasteiger partial charge in [0, 0.05) is 0 Å². The molecule has 0 aliphatic rings. The van der Waals surface area contributed by atoms with Gasteiger partial charge in [-0.25, -0.2) is 0 Å². The number of benzene rings is 9. The van der Waals surface area contributed by atoms with E-state index >= 15 is 0 Å². The van der Waals surface area contributed by atoms with Crippen molar-refractivity contribution >= 4 is 43.1 Å². The standard InChI is InChI=1S/C52H42.5C2H6/c1-3-14-38-33-41(28-30-43(38)40-27-26-35-16-5-6-18-37(35)32-40)51-47-21-9-11-23-49(47)52(50-24-12-10-22-48(50)51)42-29-31-45(39(34-42)15-4-2)46-25-13-19-36-17-7-8-20-44(36)46;5*1-2/h5-13,16-34H,3-4,14-15H2,1-2H3;5*1-2H3. The van der Waals surface area contributed by atoms with Crippen LogP contribution in [0, 0.1) is 0 Å². The van der Waals surface area contributed by atoms with Crippen molar-refractivity contribution in [3.05, 3.63) is 181 Å². The minimum absolute atomic E-state index is 1.03. The number of hydrogen-bond donors (Lipinski definition) is 0. The second-order valence-corrected chi connectivity index (χ2v) is 14.2. The van der Waals surface area contributed by atoms with Crippen LogP contribution in [0.15, 0.2) is 170 Å². The maximum absolute atomic E-state index is 2.48. The largest absolute Gasteiger partial charge is 0.0683 e. The van der Waals surface area contributed by atoms with Crippen LogP contribution in [0.3, 0.4) is 0 Å². The molecule has 62 heavy (non-hydrogen) atoms. The Kier molecular flexibility index (Phi) is 19.7. The highest BCUT2D eigenvalue weighted by atomic mass is 14.2. The lowest BCUT2D eigenvalue weighted by atomic mass is 9.83. The lowest BCUT2D eigenvalue weighted by Crippen LogP contribution is -1.96. The van der Waals surface area contributed by atoms with Gasteiger partial charge < -0.3 is 0 Å². The minimum atomic E-state index is 1.03. The van der Waals surface area contributed by atoms with Crippen molar-refractivity contribution in [2.75, 3.05) is 0 Å². The summed E-state index contributed by atoms with van der Waals surface area (Å²) >= 11 is 0. The van der Waals surface area contributed by atoms with E-state index in [-0.39, 0.29) is 0 Å². The lowest BCUT2D eigenvalue weighted by Gasteiger charge is -2.20. The molecule has 0 aromatic heterocycles. The normalized spacial score (nSPS) is 10.2. The zero-order valence-corrected chi connectivity index (χ0v) is 40.0. The molecular formula is C62H72. The molecule has 0 saturated carbocycles. The van der Waals surface area contributed by atoms with Crippen LogP contribution in [0.5, 0.6) is 0 Å². The quantitative estimate of drug-likeness (QED) is 0.134. The van der Waals surface area contributed by atoms with E-state index in [1.54, 1.807) is 0 Å². The van der Waals surface area contributed by atoms with Gasteiger partial charge >= 0.3 is 0 Å². The summed E-state index contributed by atoms with van der Waals surface area (Å²) in [5.74, 6) is 0. The Hall–Kier alpha value is -5.98. The van der Waals surface area contributed by atoms with Gasteiger partial charge in [-0.15, -0.1) is 0 Å². The second-order valence-electron chi connectivity index (χ2n) is 14.2. The Labute approximate surface area is 375 Å². The van der Waals surface area contributed by atoms with Crippen LogP contribution in [0.2, 0.25) is 0 Å². The van der Waals surface area contributed by atoms with E-state index in [0.29, 0.717) is 0 Å². The molecule has 0 N–H and O–H groups in total. The Morgan fingerprint density at radius 2 is 0.661 bits per heavy atom. The predicted molar refractivity (Wildman–Crippen MR) is 283 cm³/mol. The fraction of sp³-hybridized carbons (Fsp3) is 0.258. The van der Waals surface area contributed by atoms with E-state index in [1.807, 2.05) is 69.2 Å². The first-order chi connectivity index (χ1) is 30.7. The van der Waals surface area contributed by atoms with Gasteiger partial charge in [0.25, 0.3) is 0 Å².